The van der Waals surface area contributed by atoms with E-state index < -0.39 is 0 Å². The summed E-state index contributed by atoms with van der Waals surface area (Å²) in [5.74, 6) is -0.248. The first-order valence-corrected chi connectivity index (χ1v) is 5.21. The van der Waals surface area contributed by atoms with Crippen LogP contribution in [0.15, 0.2) is 22.7 Å². The lowest BCUT2D eigenvalue weighted by atomic mass is 10.2. The van der Waals surface area contributed by atoms with Crippen molar-refractivity contribution in [2.45, 2.75) is 19.6 Å². The van der Waals surface area contributed by atoms with Crippen LogP contribution in [0.5, 0.6) is 0 Å². The molecule has 1 aromatic carbocycles. The molecule has 1 rings (SSSR count). The predicted molar refractivity (Wildman–Crippen MR) is 57.5 cm³/mol. The van der Waals surface area contributed by atoms with Crippen LogP contribution in [0.1, 0.15) is 12.5 Å². The van der Waals surface area contributed by atoms with E-state index in [0.29, 0.717) is 13.1 Å². The number of hydrogen-bond acceptors (Lipinski definition) is 2. The van der Waals surface area contributed by atoms with Gasteiger partial charge in [-0.3, -0.25) is 0 Å². The highest BCUT2D eigenvalue weighted by Gasteiger charge is 2.02. The highest BCUT2D eigenvalue weighted by Crippen LogP contribution is 2.17. The minimum absolute atomic E-state index is 0.248. The largest absolute Gasteiger partial charge is 0.392 e. The Morgan fingerprint density at radius 1 is 1.57 bits per heavy atom. The van der Waals surface area contributed by atoms with Gasteiger partial charge in [-0.15, -0.1) is 0 Å². The van der Waals surface area contributed by atoms with Crippen LogP contribution in [0.2, 0.25) is 0 Å². The van der Waals surface area contributed by atoms with Gasteiger partial charge >= 0.3 is 0 Å². The van der Waals surface area contributed by atoms with E-state index in [9.17, 15) is 4.39 Å². The number of hydrogen-bond donors (Lipinski definition) is 2. The Balaban J connectivity index is 2.53. The van der Waals surface area contributed by atoms with Crippen LogP contribution in [0.3, 0.4) is 0 Å². The van der Waals surface area contributed by atoms with Gasteiger partial charge in [0.15, 0.2) is 0 Å². The average molecular weight is 262 g/mol. The molecule has 0 radical (unpaired) electrons. The molecular formula is C10H13BrFNO. The van der Waals surface area contributed by atoms with E-state index in [4.69, 9.17) is 5.11 Å². The fraction of sp³-hybridized carbons (Fsp3) is 0.400. The summed E-state index contributed by atoms with van der Waals surface area (Å²) in [5.41, 5.74) is 0.852. The van der Waals surface area contributed by atoms with Crippen molar-refractivity contribution in [3.05, 3.63) is 34.1 Å². The molecule has 0 heterocycles. The number of nitrogens with one attached hydrogen (secondary N) is 1. The second kappa shape index (κ2) is 5.44. The van der Waals surface area contributed by atoms with Crippen LogP contribution in [0, 0.1) is 5.82 Å². The summed E-state index contributed by atoms with van der Waals surface area (Å²) in [6.07, 6.45) is -0.387. The quantitative estimate of drug-likeness (QED) is 0.870. The molecule has 2 nitrogen and oxygen atoms in total. The summed E-state index contributed by atoms with van der Waals surface area (Å²) in [5, 5.41) is 12.0. The van der Waals surface area contributed by atoms with E-state index in [1.807, 2.05) is 0 Å². The number of aliphatic hydroxyl groups is 1. The van der Waals surface area contributed by atoms with Gasteiger partial charge in [-0.05, 0) is 30.7 Å². The molecule has 0 spiro atoms. The maximum Gasteiger partial charge on any atom is 0.123 e. The molecule has 0 fully saturated rings. The number of rotatable bonds is 4. The fourth-order valence-electron chi connectivity index (χ4n) is 1.09. The first-order valence-electron chi connectivity index (χ1n) is 4.42. The molecular weight excluding hydrogens is 249 g/mol. The summed E-state index contributed by atoms with van der Waals surface area (Å²) < 4.78 is 13.7. The van der Waals surface area contributed by atoms with E-state index in [-0.39, 0.29) is 11.9 Å². The second-order valence-electron chi connectivity index (χ2n) is 3.22. The predicted octanol–water partition coefficient (Wildman–Crippen LogP) is 2.06. The van der Waals surface area contributed by atoms with Gasteiger partial charge < -0.3 is 10.4 Å². The van der Waals surface area contributed by atoms with Crippen molar-refractivity contribution in [1.29, 1.82) is 0 Å². The van der Waals surface area contributed by atoms with Gasteiger partial charge in [-0.1, -0.05) is 15.9 Å². The standard InChI is InChI=1S/C10H13BrFNO/c1-7(14)5-13-6-8-4-9(12)2-3-10(8)11/h2-4,7,13-14H,5-6H2,1H3/t7-/m0/s1. The maximum atomic E-state index is 12.8. The van der Waals surface area contributed by atoms with E-state index in [1.165, 1.54) is 12.1 Å². The Bertz CT molecular complexity index is 304. The Morgan fingerprint density at radius 2 is 2.29 bits per heavy atom. The number of halogens is 2. The second-order valence-corrected chi connectivity index (χ2v) is 4.07. The zero-order valence-corrected chi connectivity index (χ0v) is 9.51. The molecule has 0 aliphatic heterocycles. The van der Waals surface area contributed by atoms with Crippen molar-refractivity contribution in [2.24, 2.45) is 0 Å². The zero-order chi connectivity index (χ0) is 10.6. The molecule has 4 heteroatoms. The minimum Gasteiger partial charge on any atom is -0.392 e. The van der Waals surface area contributed by atoms with Crippen LogP contribution < -0.4 is 5.32 Å². The summed E-state index contributed by atoms with van der Waals surface area (Å²) in [6, 6.07) is 4.55. The van der Waals surface area contributed by atoms with Crippen molar-refractivity contribution >= 4 is 15.9 Å². The number of benzene rings is 1. The van der Waals surface area contributed by atoms with Gasteiger partial charge in [0.1, 0.15) is 5.82 Å². The molecule has 0 bridgehead atoms. The normalized spacial score (nSPS) is 12.9. The fourth-order valence-corrected chi connectivity index (χ4v) is 1.48. The summed E-state index contributed by atoms with van der Waals surface area (Å²) in [6.45, 7) is 2.75. The van der Waals surface area contributed by atoms with Crippen LogP contribution in [0.25, 0.3) is 0 Å². The highest BCUT2D eigenvalue weighted by atomic mass is 79.9. The zero-order valence-electron chi connectivity index (χ0n) is 7.93. The molecule has 78 valence electrons. The van der Waals surface area contributed by atoms with E-state index in [2.05, 4.69) is 21.2 Å². The Labute approximate surface area is 91.3 Å². The Kier molecular flexibility index (Phi) is 4.51. The third kappa shape index (κ3) is 3.74. The molecule has 0 saturated heterocycles. The van der Waals surface area contributed by atoms with Gasteiger partial charge in [0.25, 0.3) is 0 Å². The molecule has 0 aliphatic rings. The van der Waals surface area contributed by atoms with Gasteiger partial charge in [-0.25, -0.2) is 4.39 Å². The summed E-state index contributed by atoms with van der Waals surface area (Å²) in [4.78, 5) is 0. The highest BCUT2D eigenvalue weighted by molar-refractivity contribution is 9.10. The van der Waals surface area contributed by atoms with E-state index in [0.717, 1.165) is 10.0 Å². The van der Waals surface area contributed by atoms with Gasteiger partial charge in [-0.2, -0.15) is 0 Å². The SMILES string of the molecule is C[C@H](O)CNCc1cc(F)ccc1Br. The molecule has 1 aromatic rings. The molecule has 1 atom stereocenters. The topological polar surface area (TPSA) is 32.3 Å². The van der Waals surface area contributed by atoms with Crippen LogP contribution in [-0.2, 0) is 6.54 Å². The first-order chi connectivity index (χ1) is 6.59. The average Bonchev–Trinajstić information content (AvgIpc) is 2.10. The molecule has 0 unspecified atom stereocenters. The monoisotopic (exact) mass is 261 g/mol. The minimum atomic E-state index is -0.387. The van der Waals surface area contributed by atoms with Crippen LogP contribution in [-0.4, -0.2) is 17.8 Å². The van der Waals surface area contributed by atoms with E-state index >= 15 is 0 Å². The molecule has 0 aromatic heterocycles. The Hall–Kier alpha value is -0.450. The lowest BCUT2D eigenvalue weighted by Gasteiger charge is -2.08. The lowest BCUT2D eigenvalue weighted by molar-refractivity contribution is 0.191. The third-order valence-corrected chi connectivity index (χ3v) is 2.54. The maximum absolute atomic E-state index is 12.8. The first kappa shape index (κ1) is 11.6. The summed E-state index contributed by atoms with van der Waals surface area (Å²) >= 11 is 3.33. The van der Waals surface area contributed by atoms with Gasteiger partial charge in [0.05, 0.1) is 6.10 Å². The van der Waals surface area contributed by atoms with E-state index in [1.54, 1.807) is 13.0 Å². The van der Waals surface area contributed by atoms with Crippen molar-refractivity contribution in [2.75, 3.05) is 6.54 Å². The lowest BCUT2D eigenvalue weighted by Crippen LogP contribution is -2.24. The third-order valence-electron chi connectivity index (χ3n) is 1.76. The van der Waals surface area contributed by atoms with Crippen molar-refractivity contribution in [3.8, 4) is 0 Å². The van der Waals surface area contributed by atoms with Crippen molar-refractivity contribution in [1.82, 2.24) is 5.32 Å². The van der Waals surface area contributed by atoms with Crippen LogP contribution >= 0.6 is 15.9 Å². The number of aliphatic hydroxyl groups excluding tert-OH is 1. The smallest absolute Gasteiger partial charge is 0.123 e. The summed E-state index contributed by atoms with van der Waals surface area (Å²) in [7, 11) is 0. The Morgan fingerprint density at radius 3 is 2.93 bits per heavy atom. The molecule has 2 N–H and O–H groups in total. The van der Waals surface area contributed by atoms with Crippen molar-refractivity contribution < 1.29 is 9.50 Å². The van der Waals surface area contributed by atoms with Gasteiger partial charge in [0, 0.05) is 17.6 Å². The molecule has 0 amide bonds. The van der Waals surface area contributed by atoms with Gasteiger partial charge in [0.2, 0.25) is 0 Å². The molecule has 0 saturated carbocycles. The molecule has 14 heavy (non-hydrogen) atoms. The van der Waals surface area contributed by atoms with Crippen molar-refractivity contribution in [3.63, 3.8) is 0 Å². The molecule has 0 aliphatic carbocycles. The van der Waals surface area contributed by atoms with Crippen LogP contribution in [0.4, 0.5) is 4.39 Å².